The van der Waals surface area contributed by atoms with Crippen LogP contribution >= 0.6 is 46.3 Å². The molecule has 10 heteroatoms. The third kappa shape index (κ3) is 7.71. The zero-order valence-electron chi connectivity index (χ0n) is 22.1. The van der Waals surface area contributed by atoms with Crippen LogP contribution in [0.3, 0.4) is 0 Å². The predicted molar refractivity (Wildman–Crippen MR) is 177 cm³/mol. The van der Waals surface area contributed by atoms with Gasteiger partial charge in [-0.15, -0.1) is 0 Å². The molecule has 0 aliphatic carbocycles. The molecule has 38 heavy (non-hydrogen) atoms. The van der Waals surface area contributed by atoms with Gasteiger partial charge in [0.2, 0.25) is 5.95 Å². The highest BCUT2D eigenvalue weighted by atomic mass is 127. The number of alkyl halides is 1. The number of allylic oxidation sites excluding steroid dienone is 3. The molecule has 3 rings (SSSR count). The molecule has 2 heterocycles. The van der Waals surface area contributed by atoms with Crippen molar-refractivity contribution < 1.29 is 5.11 Å². The number of rotatable bonds is 13. The smallest absolute Gasteiger partial charge is 0.224 e. The highest BCUT2D eigenvalue weighted by molar-refractivity contribution is 14.2. The van der Waals surface area contributed by atoms with Crippen LogP contribution in [-0.2, 0) is 6.54 Å². The molecule has 0 aliphatic heterocycles. The topological polar surface area (TPSA) is 87.4 Å². The molecule has 0 radical (unpaired) electrons. The number of benzene rings is 1. The minimum atomic E-state index is 0.140. The molecule has 7 nitrogen and oxygen atoms in total. The van der Waals surface area contributed by atoms with Gasteiger partial charge in [0.05, 0.1) is 17.6 Å². The van der Waals surface area contributed by atoms with Gasteiger partial charge in [-0.1, -0.05) is 54.1 Å². The summed E-state index contributed by atoms with van der Waals surface area (Å²) in [5, 5.41) is 18.6. The summed E-state index contributed by atoms with van der Waals surface area (Å²) in [6.07, 6.45) is 9.20. The summed E-state index contributed by atoms with van der Waals surface area (Å²) in [5.41, 5.74) is 7.19. The molecule has 0 aliphatic rings. The molecule has 202 valence electrons. The van der Waals surface area contributed by atoms with Crippen molar-refractivity contribution in [1.29, 1.82) is 0 Å². The lowest BCUT2D eigenvalue weighted by molar-refractivity contribution is 0.438. The molecule has 3 aromatic rings. The number of anilines is 1. The van der Waals surface area contributed by atoms with Crippen molar-refractivity contribution in [3.05, 3.63) is 71.3 Å². The van der Waals surface area contributed by atoms with E-state index in [0.717, 1.165) is 50.9 Å². The third-order valence-electron chi connectivity index (χ3n) is 5.90. The number of halogens is 2. The Hall–Kier alpha value is -2.15. The lowest BCUT2D eigenvalue weighted by Gasteiger charge is -2.13. The standard InChI is InChI=1S/C28H34BrIN6OS/c1-6-22(37)14-21-13-20(7-8-23(21)18(2)3)24-17-36(38-30)27-26(24)25(34-28(31-5)35-27)16-33-12-11-32-10-9-19(4)15-29/h6-10,13-14,17-18,33,37H,1,11-12,15-16H2,2-5H3,(H,31,34,35)/b19-9+,22-14+,32-10-. The van der Waals surface area contributed by atoms with Gasteiger partial charge in [0.1, 0.15) is 5.76 Å². The van der Waals surface area contributed by atoms with Crippen LogP contribution in [0.5, 0.6) is 0 Å². The van der Waals surface area contributed by atoms with Gasteiger partial charge in [-0.3, -0.25) is 8.96 Å². The van der Waals surface area contributed by atoms with Gasteiger partial charge in [0.15, 0.2) is 5.65 Å². The second-order valence-electron chi connectivity index (χ2n) is 9.03. The number of aromatic nitrogens is 3. The molecule has 0 fully saturated rings. The number of fused-ring (bicyclic) bond motifs is 1. The maximum absolute atomic E-state index is 10.2. The Balaban J connectivity index is 2.03. The summed E-state index contributed by atoms with van der Waals surface area (Å²) in [7, 11) is 3.39. The summed E-state index contributed by atoms with van der Waals surface area (Å²) in [6.45, 7) is 12.0. The van der Waals surface area contributed by atoms with Crippen molar-refractivity contribution in [1.82, 2.24) is 19.3 Å². The van der Waals surface area contributed by atoms with Gasteiger partial charge in [-0.25, -0.2) is 4.98 Å². The third-order valence-corrected chi connectivity index (χ3v) is 8.49. The van der Waals surface area contributed by atoms with Crippen molar-refractivity contribution >= 4 is 75.5 Å². The van der Waals surface area contributed by atoms with E-state index in [0.29, 0.717) is 25.0 Å². The van der Waals surface area contributed by atoms with Crippen LogP contribution in [-0.4, -0.2) is 50.7 Å². The summed E-state index contributed by atoms with van der Waals surface area (Å²) >= 11 is 5.71. The summed E-state index contributed by atoms with van der Waals surface area (Å²) < 4.78 is 2.06. The molecule has 0 spiro atoms. The van der Waals surface area contributed by atoms with Gasteiger partial charge in [0, 0.05) is 73.8 Å². The first-order valence-electron chi connectivity index (χ1n) is 12.3. The molecule has 0 saturated heterocycles. The van der Waals surface area contributed by atoms with E-state index in [9.17, 15) is 5.11 Å². The van der Waals surface area contributed by atoms with Crippen molar-refractivity contribution in [2.45, 2.75) is 33.2 Å². The van der Waals surface area contributed by atoms with Crippen molar-refractivity contribution in [2.24, 2.45) is 4.99 Å². The fraction of sp³-hybridized carbons (Fsp3) is 0.321. The minimum absolute atomic E-state index is 0.140. The molecule has 0 bridgehead atoms. The number of aliphatic hydroxyl groups is 1. The lowest BCUT2D eigenvalue weighted by Crippen LogP contribution is -2.18. The van der Waals surface area contributed by atoms with Crippen LogP contribution < -0.4 is 10.6 Å². The van der Waals surface area contributed by atoms with E-state index < -0.39 is 0 Å². The fourth-order valence-electron chi connectivity index (χ4n) is 3.94. The Morgan fingerprint density at radius 2 is 2.13 bits per heavy atom. The van der Waals surface area contributed by atoms with E-state index in [2.05, 4.69) is 108 Å². The van der Waals surface area contributed by atoms with Gasteiger partial charge in [-0.2, -0.15) is 4.98 Å². The van der Waals surface area contributed by atoms with E-state index in [-0.39, 0.29) is 5.76 Å². The van der Waals surface area contributed by atoms with Crippen LogP contribution in [0.15, 0.2) is 59.5 Å². The van der Waals surface area contributed by atoms with Crippen molar-refractivity contribution in [3.8, 4) is 11.1 Å². The van der Waals surface area contributed by atoms with Crippen LogP contribution in [0.4, 0.5) is 5.95 Å². The largest absolute Gasteiger partial charge is 0.508 e. The van der Waals surface area contributed by atoms with Crippen LogP contribution in [0, 0.1) is 0 Å². The van der Waals surface area contributed by atoms with Gasteiger partial charge in [0.25, 0.3) is 0 Å². The molecule has 1 aromatic carbocycles. The fourth-order valence-corrected chi connectivity index (χ4v) is 5.37. The number of hydrogen-bond acceptors (Lipinski definition) is 7. The second-order valence-corrected chi connectivity index (χ2v) is 11.3. The Labute approximate surface area is 249 Å². The zero-order chi connectivity index (χ0) is 27.7. The van der Waals surface area contributed by atoms with E-state index in [1.807, 2.05) is 19.3 Å². The molecular formula is C28H34BrIN6OS. The number of nitrogens with one attached hydrogen (secondary N) is 2. The van der Waals surface area contributed by atoms with E-state index in [4.69, 9.17) is 9.97 Å². The molecule has 0 unspecified atom stereocenters. The Morgan fingerprint density at radius 1 is 1.34 bits per heavy atom. The monoisotopic (exact) mass is 708 g/mol. The first-order chi connectivity index (χ1) is 18.3. The SMILES string of the molecule is C=C/C(O)=C\c1cc(-c2cn(SI)c3nc(NC)nc(CNCC/N=C\C=C(/C)CBr)c23)ccc1C(C)C. The van der Waals surface area contributed by atoms with E-state index in [1.54, 1.807) is 15.2 Å². The quantitative estimate of drug-likeness (QED) is 0.0422. The average molecular weight is 709 g/mol. The van der Waals surface area contributed by atoms with Crippen molar-refractivity contribution in [3.63, 3.8) is 0 Å². The van der Waals surface area contributed by atoms with Gasteiger partial charge < -0.3 is 15.7 Å². The molecule has 0 saturated carbocycles. The summed E-state index contributed by atoms with van der Waals surface area (Å²) in [4.78, 5) is 14.1. The maximum atomic E-state index is 10.2. The van der Waals surface area contributed by atoms with Gasteiger partial charge in [-0.05, 0) is 53.8 Å². The van der Waals surface area contributed by atoms with Crippen molar-refractivity contribution in [2.75, 3.05) is 30.8 Å². The lowest BCUT2D eigenvalue weighted by atomic mass is 9.92. The Kier molecular flexibility index (Phi) is 11.9. The average Bonchev–Trinajstić information content (AvgIpc) is 3.30. The van der Waals surface area contributed by atoms with E-state index in [1.165, 1.54) is 11.6 Å². The second kappa shape index (κ2) is 14.9. The summed E-state index contributed by atoms with van der Waals surface area (Å²) in [6, 6.07) is 6.38. The van der Waals surface area contributed by atoms with Gasteiger partial charge >= 0.3 is 0 Å². The van der Waals surface area contributed by atoms with Crippen LogP contribution in [0.25, 0.3) is 28.2 Å². The minimum Gasteiger partial charge on any atom is -0.508 e. The predicted octanol–water partition coefficient (Wildman–Crippen LogP) is 7.70. The molecular weight excluding hydrogens is 675 g/mol. The number of aliphatic imine (C=N–C) groups is 1. The summed E-state index contributed by atoms with van der Waals surface area (Å²) in [5.74, 6) is 1.03. The molecule has 3 N–H and O–H groups in total. The molecule has 0 amide bonds. The zero-order valence-corrected chi connectivity index (χ0v) is 26.7. The Morgan fingerprint density at radius 3 is 2.79 bits per heavy atom. The maximum Gasteiger partial charge on any atom is 0.224 e. The molecule has 0 atom stereocenters. The van der Waals surface area contributed by atoms with E-state index >= 15 is 0 Å². The van der Waals surface area contributed by atoms with Crippen LogP contribution in [0.1, 0.15) is 43.5 Å². The Bertz CT molecular complexity index is 1370. The first kappa shape index (κ1) is 30.4. The number of nitrogens with zero attached hydrogens (tertiary/aromatic N) is 4. The highest BCUT2D eigenvalue weighted by Gasteiger charge is 2.19. The number of aliphatic hydroxyl groups excluding tert-OH is 1. The number of hydrogen-bond donors (Lipinski definition) is 3. The molecule has 2 aromatic heterocycles. The normalized spacial score (nSPS) is 12.7. The first-order valence-corrected chi connectivity index (χ1v) is 16.7. The van der Waals surface area contributed by atoms with Crippen LogP contribution in [0.2, 0.25) is 0 Å². The highest BCUT2D eigenvalue weighted by Crippen LogP contribution is 2.37.